The van der Waals surface area contributed by atoms with Gasteiger partial charge in [0.2, 0.25) is 0 Å². The van der Waals surface area contributed by atoms with Crippen LogP contribution in [0.15, 0.2) is 46.2 Å². The van der Waals surface area contributed by atoms with Crippen LogP contribution in [0.5, 0.6) is 0 Å². The lowest BCUT2D eigenvalue weighted by molar-refractivity contribution is 0.0695. The van der Waals surface area contributed by atoms with Gasteiger partial charge >= 0.3 is 5.97 Å². The lowest BCUT2D eigenvalue weighted by Crippen LogP contribution is -2.12. The molecule has 0 atom stereocenters. The first-order chi connectivity index (χ1) is 10.5. The molecule has 1 aliphatic rings. The van der Waals surface area contributed by atoms with Gasteiger partial charge in [0, 0.05) is 15.4 Å². The van der Waals surface area contributed by atoms with Crippen LogP contribution in [-0.4, -0.2) is 22.8 Å². The number of hydrogen-bond acceptors (Lipinski definition) is 4. The maximum atomic E-state index is 12.3. The first-order valence-electron chi connectivity index (χ1n) is 6.47. The predicted molar refractivity (Wildman–Crippen MR) is 81.9 cm³/mol. The molecule has 1 amide bonds. The number of nitrogens with one attached hydrogen (secondary N) is 1. The summed E-state index contributed by atoms with van der Waals surface area (Å²) in [6.45, 7) is 1.46. The van der Waals surface area contributed by atoms with E-state index in [2.05, 4.69) is 5.32 Å². The van der Waals surface area contributed by atoms with E-state index in [0.29, 0.717) is 21.7 Å². The number of hydrogen-bond donors (Lipinski definition) is 2. The summed E-state index contributed by atoms with van der Waals surface area (Å²) in [5.74, 6) is -1.45. The van der Waals surface area contributed by atoms with Gasteiger partial charge in [-0.05, 0) is 37.3 Å². The van der Waals surface area contributed by atoms with Gasteiger partial charge in [0.25, 0.3) is 5.91 Å². The van der Waals surface area contributed by atoms with E-state index in [0.717, 1.165) is 4.90 Å². The lowest BCUT2D eigenvalue weighted by atomic mass is 10.1. The summed E-state index contributed by atoms with van der Waals surface area (Å²) in [5.41, 5.74) is 1.60. The fourth-order valence-corrected chi connectivity index (χ4v) is 3.22. The largest absolute Gasteiger partial charge is 0.478 e. The van der Waals surface area contributed by atoms with E-state index in [1.807, 2.05) is 0 Å². The van der Waals surface area contributed by atoms with Gasteiger partial charge in [0.05, 0.1) is 16.8 Å². The van der Waals surface area contributed by atoms with Crippen molar-refractivity contribution >= 4 is 35.1 Å². The maximum Gasteiger partial charge on any atom is 0.335 e. The molecule has 2 aromatic carbocycles. The van der Waals surface area contributed by atoms with Crippen LogP contribution < -0.4 is 5.32 Å². The average Bonchev–Trinajstić information content (AvgIpc) is 2.61. The van der Waals surface area contributed by atoms with Crippen molar-refractivity contribution < 1.29 is 19.5 Å². The van der Waals surface area contributed by atoms with Crippen molar-refractivity contribution in [2.45, 2.75) is 16.7 Å². The number of fused-ring (bicyclic) bond motifs is 2. The lowest BCUT2D eigenvalue weighted by Gasteiger charge is -2.07. The Morgan fingerprint density at radius 1 is 1.05 bits per heavy atom. The summed E-state index contributed by atoms with van der Waals surface area (Å²) < 4.78 is 0. The van der Waals surface area contributed by atoms with Gasteiger partial charge in [0.15, 0.2) is 5.78 Å². The minimum Gasteiger partial charge on any atom is -0.478 e. The molecule has 0 spiro atoms. The van der Waals surface area contributed by atoms with Crippen LogP contribution in [0.2, 0.25) is 0 Å². The molecule has 3 rings (SSSR count). The molecule has 6 heteroatoms. The molecule has 0 aliphatic carbocycles. The molecule has 110 valence electrons. The second kappa shape index (κ2) is 5.31. The van der Waals surface area contributed by atoms with Gasteiger partial charge in [0.1, 0.15) is 0 Å². The van der Waals surface area contributed by atoms with Crippen molar-refractivity contribution in [1.82, 2.24) is 0 Å². The van der Waals surface area contributed by atoms with Crippen LogP contribution in [0.3, 0.4) is 0 Å². The standard InChI is InChI=1S/C16H11NO4S/c1-8(18)9-3-5-13-12(6-9)17-15(19)11-4-2-10(16(20)21)7-14(11)22-13/h2-7H,1H3,(H,17,19)(H,20,21). The highest BCUT2D eigenvalue weighted by Crippen LogP contribution is 2.39. The van der Waals surface area contributed by atoms with Crippen molar-refractivity contribution in [3.63, 3.8) is 0 Å². The number of carboxylic acids is 1. The number of amides is 1. The van der Waals surface area contributed by atoms with Crippen molar-refractivity contribution in [1.29, 1.82) is 0 Å². The Bertz CT molecular complexity index is 829. The monoisotopic (exact) mass is 313 g/mol. The number of carbonyl (C=O) groups is 3. The summed E-state index contributed by atoms with van der Waals surface area (Å²) >= 11 is 1.30. The Morgan fingerprint density at radius 3 is 2.45 bits per heavy atom. The first kappa shape index (κ1) is 14.3. The van der Waals surface area contributed by atoms with Crippen LogP contribution in [0, 0.1) is 0 Å². The molecule has 0 saturated carbocycles. The topological polar surface area (TPSA) is 83.5 Å². The zero-order chi connectivity index (χ0) is 15.9. The van der Waals surface area contributed by atoms with Crippen molar-refractivity contribution in [2.24, 2.45) is 0 Å². The molecular weight excluding hydrogens is 302 g/mol. The molecule has 1 heterocycles. The second-order valence-corrected chi connectivity index (χ2v) is 5.92. The van der Waals surface area contributed by atoms with Crippen LogP contribution in [0.1, 0.15) is 38.0 Å². The number of Topliss-reactive ketones (excluding diaryl/α,β-unsaturated/α-hetero) is 1. The highest BCUT2D eigenvalue weighted by atomic mass is 32.2. The highest BCUT2D eigenvalue weighted by Gasteiger charge is 2.21. The molecule has 5 nitrogen and oxygen atoms in total. The first-order valence-corrected chi connectivity index (χ1v) is 7.29. The van der Waals surface area contributed by atoms with E-state index in [1.54, 1.807) is 18.2 Å². The summed E-state index contributed by atoms with van der Waals surface area (Å²) in [4.78, 5) is 36.1. The molecular formula is C16H11NO4S. The molecule has 0 saturated heterocycles. The molecule has 2 N–H and O–H groups in total. The van der Waals surface area contributed by atoms with E-state index >= 15 is 0 Å². The normalized spacial score (nSPS) is 12.7. The average molecular weight is 313 g/mol. The third-order valence-electron chi connectivity index (χ3n) is 3.33. The fraction of sp³-hybridized carbons (Fsp3) is 0.0625. The Hall–Kier alpha value is -2.60. The summed E-state index contributed by atoms with van der Waals surface area (Å²) in [5, 5.41) is 11.8. The highest BCUT2D eigenvalue weighted by molar-refractivity contribution is 7.99. The van der Waals surface area contributed by atoms with Gasteiger partial charge in [-0.2, -0.15) is 0 Å². The van der Waals surface area contributed by atoms with E-state index < -0.39 is 5.97 Å². The summed E-state index contributed by atoms with van der Waals surface area (Å²) in [7, 11) is 0. The van der Waals surface area contributed by atoms with Crippen LogP contribution in [0.25, 0.3) is 0 Å². The van der Waals surface area contributed by atoms with Crippen molar-refractivity contribution in [2.75, 3.05) is 5.32 Å². The molecule has 22 heavy (non-hydrogen) atoms. The van der Waals surface area contributed by atoms with E-state index in [-0.39, 0.29) is 17.3 Å². The molecule has 1 aliphatic heterocycles. The quantitative estimate of drug-likeness (QED) is 0.831. The zero-order valence-corrected chi connectivity index (χ0v) is 12.4. The van der Waals surface area contributed by atoms with E-state index in [1.165, 1.54) is 36.9 Å². The molecule has 0 fully saturated rings. The Balaban J connectivity index is 2.11. The number of carboxylic acid groups (broad SMARTS) is 1. The summed E-state index contributed by atoms with van der Waals surface area (Å²) in [6, 6.07) is 9.45. The molecule has 0 unspecified atom stereocenters. The Morgan fingerprint density at radius 2 is 1.77 bits per heavy atom. The Kier molecular flexibility index (Phi) is 3.46. The second-order valence-electron chi connectivity index (χ2n) is 4.84. The van der Waals surface area contributed by atoms with Crippen LogP contribution >= 0.6 is 11.8 Å². The smallest absolute Gasteiger partial charge is 0.335 e. The fourth-order valence-electron chi connectivity index (χ4n) is 2.17. The van der Waals surface area contributed by atoms with Gasteiger partial charge < -0.3 is 10.4 Å². The Labute approximate surface area is 130 Å². The number of aromatic carboxylic acids is 1. The zero-order valence-electron chi connectivity index (χ0n) is 11.5. The van der Waals surface area contributed by atoms with E-state index in [4.69, 9.17) is 5.11 Å². The molecule has 0 radical (unpaired) electrons. The molecule has 0 aromatic heterocycles. The third-order valence-corrected chi connectivity index (χ3v) is 4.46. The molecule has 0 bridgehead atoms. The van der Waals surface area contributed by atoms with Gasteiger partial charge in [-0.1, -0.05) is 17.8 Å². The van der Waals surface area contributed by atoms with Crippen LogP contribution in [0.4, 0.5) is 5.69 Å². The number of rotatable bonds is 2. The third kappa shape index (κ3) is 2.48. The molecule has 2 aromatic rings. The summed E-state index contributed by atoms with van der Waals surface area (Å²) in [6.07, 6.45) is 0. The SMILES string of the molecule is CC(=O)c1ccc2c(c1)NC(=O)c1ccc(C(=O)O)cc1S2. The van der Waals surface area contributed by atoms with Gasteiger partial charge in [-0.15, -0.1) is 0 Å². The maximum absolute atomic E-state index is 12.3. The van der Waals surface area contributed by atoms with Gasteiger partial charge in [-0.25, -0.2) is 4.79 Å². The van der Waals surface area contributed by atoms with Crippen LogP contribution in [-0.2, 0) is 0 Å². The number of ketones is 1. The number of carbonyl (C=O) groups excluding carboxylic acids is 2. The van der Waals surface area contributed by atoms with E-state index in [9.17, 15) is 14.4 Å². The number of benzene rings is 2. The minimum absolute atomic E-state index is 0.0861. The number of anilines is 1. The van der Waals surface area contributed by atoms with Crippen molar-refractivity contribution in [3.05, 3.63) is 53.1 Å². The van der Waals surface area contributed by atoms with Gasteiger partial charge in [-0.3, -0.25) is 9.59 Å². The predicted octanol–water partition coefficient (Wildman–Crippen LogP) is 3.30. The van der Waals surface area contributed by atoms with Crippen molar-refractivity contribution in [3.8, 4) is 0 Å². The minimum atomic E-state index is -1.04.